The lowest BCUT2D eigenvalue weighted by molar-refractivity contribution is 0.555. The van der Waals surface area contributed by atoms with Crippen LogP contribution in [0.2, 0.25) is 0 Å². The van der Waals surface area contributed by atoms with Gasteiger partial charge in [-0.25, -0.2) is 19.2 Å². The van der Waals surface area contributed by atoms with Crippen LogP contribution in [0.3, 0.4) is 0 Å². The maximum atomic E-state index is 11.4. The zero-order valence-corrected chi connectivity index (χ0v) is 13.4. The van der Waals surface area contributed by atoms with Crippen molar-refractivity contribution >= 4 is 45.7 Å². The number of aliphatic imine (C=N–C) groups is 2. The predicted octanol–water partition coefficient (Wildman–Crippen LogP) is 2.08. The molecule has 4 aromatic rings. The molecule has 0 aliphatic heterocycles. The standard InChI is InChI=1S/C17H8N4O6/c22-6-18-10-4-12-14(26-16(24)20-12)2-8(10)1-9-3-15-13(21-17(25)27-15)5-11(9)19-7-23/h2-5H,1H2,(H,20,24)(H,21,25). The van der Waals surface area contributed by atoms with E-state index in [1.54, 1.807) is 0 Å². The van der Waals surface area contributed by atoms with Gasteiger partial charge in [-0.05, 0) is 35.4 Å². The summed E-state index contributed by atoms with van der Waals surface area (Å²) in [4.78, 5) is 56.5. The summed E-state index contributed by atoms with van der Waals surface area (Å²) in [7, 11) is 0. The third kappa shape index (κ3) is 2.93. The smallest absolute Gasteiger partial charge is 0.408 e. The highest BCUT2D eigenvalue weighted by Gasteiger charge is 2.14. The minimum Gasteiger partial charge on any atom is -0.408 e. The fraction of sp³-hybridized carbons (Fsp3) is 0.0588. The van der Waals surface area contributed by atoms with Crippen LogP contribution in [-0.4, -0.2) is 22.1 Å². The number of aromatic nitrogens is 2. The number of H-pyrrole nitrogens is 2. The molecular weight excluding hydrogens is 356 g/mol. The zero-order chi connectivity index (χ0) is 19.0. The molecule has 0 bridgehead atoms. The lowest BCUT2D eigenvalue weighted by atomic mass is 10.0. The van der Waals surface area contributed by atoms with E-state index >= 15 is 0 Å². The minimum atomic E-state index is -0.648. The van der Waals surface area contributed by atoms with Crippen molar-refractivity contribution in [3.05, 3.63) is 56.5 Å². The van der Waals surface area contributed by atoms with Gasteiger partial charge in [-0.1, -0.05) is 0 Å². The van der Waals surface area contributed by atoms with E-state index < -0.39 is 11.5 Å². The predicted molar refractivity (Wildman–Crippen MR) is 92.0 cm³/mol. The number of oxazole rings is 2. The molecule has 2 aromatic heterocycles. The minimum absolute atomic E-state index is 0.149. The number of benzene rings is 2. The Kier molecular flexibility index (Phi) is 3.74. The van der Waals surface area contributed by atoms with Crippen molar-refractivity contribution in [1.29, 1.82) is 0 Å². The average molecular weight is 364 g/mol. The molecular formula is C17H8N4O6. The Labute approximate surface area is 147 Å². The number of aromatic amines is 2. The van der Waals surface area contributed by atoms with Crippen LogP contribution >= 0.6 is 0 Å². The molecule has 0 amide bonds. The van der Waals surface area contributed by atoms with Gasteiger partial charge in [0.05, 0.1) is 22.4 Å². The van der Waals surface area contributed by atoms with Crippen molar-refractivity contribution in [3.63, 3.8) is 0 Å². The highest BCUT2D eigenvalue weighted by atomic mass is 16.4. The van der Waals surface area contributed by atoms with Gasteiger partial charge in [-0.15, -0.1) is 0 Å². The summed E-state index contributed by atoms with van der Waals surface area (Å²) in [5, 5.41) is 0. The molecule has 0 saturated carbocycles. The fourth-order valence-electron chi connectivity index (χ4n) is 2.85. The van der Waals surface area contributed by atoms with Crippen molar-refractivity contribution in [2.75, 3.05) is 0 Å². The van der Waals surface area contributed by atoms with Gasteiger partial charge in [-0.2, -0.15) is 9.98 Å². The molecule has 0 fully saturated rings. The van der Waals surface area contributed by atoms with Crippen LogP contribution in [0.25, 0.3) is 22.2 Å². The van der Waals surface area contributed by atoms with Gasteiger partial charge in [-0.3, -0.25) is 9.97 Å². The first kappa shape index (κ1) is 16.2. The third-order valence-electron chi connectivity index (χ3n) is 3.95. The molecule has 2 N–H and O–H groups in total. The molecule has 132 valence electrons. The monoisotopic (exact) mass is 364 g/mol. The molecule has 4 rings (SSSR count). The lowest BCUT2D eigenvalue weighted by Gasteiger charge is -2.07. The van der Waals surface area contributed by atoms with Crippen LogP contribution in [-0.2, 0) is 16.0 Å². The van der Waals surface area contributed by atoms with E-state index in [0.29, 0.717) is 22.2 Å². The molecule has 0 atom stereocenters. The number of carbonyl (C=O) groups excluding carboxylic acids is 2. The van der Waals surface area contributed by atoms with Gasteiger partial charge in [0.15, 0.2) is 11.2 Å². The highest BCUT2D eigenvalue weighted by molar-refractivity contribution is 5.81. The molecule has 2 heterocycles. The topological polar surface area (TPSA) is 151 Å². The van der Waals surface area contributed by atoms with E-state index in [1.807, 2.05) is 0 Å². The van der Waals surface area contributed by atoms with E-state index in [2.05, 4.69) is 20.0 Å². The number of hydrogen-bond acceptors (Lipinski definition) is 8. The van der Waals surface area contributed by atoms with Gasteiger partial charge >= 0.3 is 11.5 Å². The summed E-state index contributed by atoms with van der Waals surface area (Å²) in [5.74, 6) is -1.30. The number of nitrogens with zero attached hydrogens (tertiary/aromatic N) is 2. The third-order valence-corrected chi connectivity index (χ3v) is 3.95. The van der Waals surface area contributed by atoms with Crippen LogP contribution in [0.15, 0.2) is 52.7 Å². The SMILES string of the molecule is O=C=Nc1cc2[nH]c(=O)oc2cc1Cc1cc2oc(=O)[nH]c2cc1N=C=O. The van der Waals surface area contributed by atoms with Gasteiger partial charge in [0.1, 0.15) is 0 Å². The summed E-state index contributed by atoms with van der Waals surface area (Å²) in [6.07, 6.45) is 3.06. The van der Waals surface area contributed by atoms with Gasteiger partial charge in [0.25, 0.3) is 0 Å². The van der Waals surface area contributed by atoms with Gasteiger partial charge in [0.2, 0.25) is 12.2 Å². The van der Waals surface area contributed by atoms with Crippen LogP contribution in [0.5, 0.6) is 0 Å². The van der Waals surface area contributed by atoms with Crippen molar-refractivity contribution in [2.45, 2.75) is 6.42 Å². The molecule has 0 saturated heterocycles. The van der Waals surface area contributed by atoms with E-state index in [-0.39, 0.29) is 29.0 Å². The molecule has 10 nitrogen and oxygen atoms in total. The summed E-state index contributed by atoms with van der Waals surface area (Å²) in [6.45, 7) is 0. The molecule has 0 aliphatic carbocycles. The average Bonchev–Trinajstić information content (AvgIpc) is 3.15. The molecule has 0 spiro atoms. The Morgan fingerprint density at radius 1 is 0.778 bits per heavy atom. The van der Waals surface area contributed by atoms with Crippen LogP contribution < -0.4 is 11.5 Å². The maximum Gasteiger partial charge on any atom is 0.417 e. The van der Waals surface area contributed by atoms with Crippen molar-refractivity contribution < 1.29 is 18.4 Å². The second-order valence-electron chi connectivity index (χ2n) is 5.57. The lowest BCUT2D eigenvalue weighted by Crippen LogP contribution is -1.93. The highest BCUT2D eigenvalue weighted by Crippen LogP contribution is 2.31. The summed E-state index contributed by atoms with van der Waals surface area (Å²) < 4.78 is 10.1. The van der Waals surface area contributed by atoms with E-state index in [4.69, 9.17) is 8.83 Å². The Bertz CT molecular complexity index is 1300. The Morgan fingerprint density at radius 2 is 1.22 bits per heavy atom. The Morgan fingerprint density at radius 3 is 1.63 bits per heavy atom. The second-order valence-corrected chi connectivity index (χ2v) is 5.57. The van der Waals surface area contributed by atoms with Gasteiger partial charge in [0, 0.05) is 6.42 Å². The van der Waals surface area contributed by atoms with Crippen molar-refractivity contribution in [1.82, 2.24) is 9.97 Å². The maximum absolute atomic E-state index is 11.4. The number of rotatable bonds is 4. The fourth-order valence-corrected chi connectivity index (χ4v) is 2.85. The summed E-state index contributed by atoms with van der Waals surface area (Å²) >= 11 is 0. The molecule has 10 heteroatoms. The number of fused-ring (bicyclic) bond motifs is 2. The number of isocyanates is 2. The molecule has 2 aromatic carbocycles. The summed E-state index contributed by atoms with van der Waals surface area (Å²) in [6, 6.07) is 6.01. The van der Waals surface area contributed by atoms with E-state index in [9.17, 15) is 19.2 Å². The quantitative estimate of drug-likeness (QED) is 0.418. The number of hydrogen-bond donors (Lipinski definition) is 2. The first-order valence-electron chi connectivity index (χ1n) is 7.54. The van der Waals surface area contributed by atoms with Gasteiger partial charge < -0.3 is 8.83 Å². The molecule has 0 radical (unpaired) electrons. The van der Waals surface area contributed by atoms with E-state index in [1.165, 1.54) is 36.4 Å². The Hall–Kier alpha value is -4.26. The van der Waals surface area contributed by atoms with Crippen LogP contribution in [0.1, 0.15) is 11.1 Å². The molecule has 0 aliphatic rings. The molecule has 0 unspecified atom stereocenters. The molecule has 27 heavy (non-hydrogen) atoms. The number of nitrogens with one attached hydrogen (secondary N) is 2. The Balaban J connectivity index is 1.92. The van der Waals surface area contributed by atoms with Crippen molar-refractivity contribution in [3.8, 4) is 0 Å². The first-order chi connectivity index (χ1) is 13.1. The largest absolute Gasteiger partial charge is 0.417 e. The summed E-state index contributed by atoms with van der Waals surface area (Å²) in [5.41, 5.74) is 2.81. The normalized spacial score (nSPS) is 10.7. The van der Waals surface area contributed by atoms with Crippen molar-refractivity contribution in [2.24, 2.45) is 9.98 Å². The zero-order valence-electron chi connectivity index (χ0n) is 13.4. The first-order valence-corrected chi connectivity index (χ1v) is 7.54. The van der Waals surface area contributed by atoms with E-state index in [0.717, 1.165) is 0 Å². The second kappa shape index (κ2) is 6.23. The van der Waals surface area contributed by atoms with Crippen LogP contribution in [0, 0.1) is 0 Å². The van der Waals surface area contributed by atoms with Crippen LogP contribution in [0.4, 0.5) is 11.4 Å².